The Labute approximate surface area is 136 Å². The predicted octanol–water partition coefficient (Wildman–Crippen LogP) is 3.70. The van der Waals surface area contributed by atoms with Crippen LogP contribution in [0.3, 0.4) is 0 Å². The van der Waals surface area contributed by atoms with Gasteiger partial charge >= 0.3 is 0 Å². The van der Waals surface area contributed by atoms with E-state index in [-0.39, 0.29) is 5.91 Å². The number of halogens is 2. The molecule has 3 rings (SSSR count). The van der Waals surface area contributed by atoms with Crippen molar-refractivity contribution >= 4 is 39.1 Å². The number of benzene rings is 2. The second-order valence-corrected chi connectivity index (χ2v) is 6.38. The van der Waals surface area contributed by atoms with Gasteiger partial charge in [-0.1, -0.05) is 39.7 Å². The molecular formula is C16H13BrClNO2. The Bertz CT molecular complexity index is 732. The maximum Gasteiger partial charge on any atom is 0.231 e. The summed E-state index contributed by atoms with van der Waals surface area (Å²) in [6, 6.07) is 10.9. The number of aliphatic hydroxyl groups is 1. The first-order valence-electron chi connectivity index (χ1n) is 6.50. The van der Waals surface area contributed by atoms with Gasteiger partial charge in [-0.2, -0.15) is 0 Å². The summed E-state index contributed by atoms with van der Waals surface area (Å²) in [7, 11) is 1.76. The molecule has 1 atom stereocenters. The van der Waals surface area contributed by atoms with Crippen LogP contribution in [0.5, 0.6) is 0 Å². The van der Waals surface area contributed by atoms with Gasteiger partial charge in [0.1, 0.15) is 6.10 Å². The second-order valence-electron chi connectivity index (χ2n) is 5.09. The molecule has 2 aromatic carbocycles. The van der Waals surface area contributed by atoms with Crippen molar-refractivity contribution in [2.24, 2.45) is 0 Å². The van der Waals surface area contributed by atoms with Crippen molar-refractivity contribution in [2.45, 2.75) is 12.5 Å². The van der Waals surface area contributed by atoms with Crippen molar-refractivity contribution in [3.8, 4) is 0 Å². The molecule has 1 aliphatic rings. The molecule has 3 nitrogen and oxygen atoms in total. The Morgan fingerprint density at radius 3 is 2.81 bits per heavy atom. The standard InChI is InChI=1S/C16H13BrClNO2/c1-19-14-5-2-9(6-10(14)7-15(19)20)16(21)12-8-11(18)3-4-13(12)17/h2-6,8,16,21H,7H2,1H3. The smallest absolute Gasteiger partial charge is 0.231 e. The zero-order valence-corrected chi connectivity index (χ0v) is 13.6. The highest BCUT2D eigenvalue weighted by atomic mass is 79.9. The van der Waals surface area contributed by atoms with Gasteiger partial charge in [0.15, 0.2) is 0 Å². The Balaban J connectivity index is 2.00. The Hall–Kier alpha value is -1.36. The molecule has 5 heteroatoms. The first-order valence-corrected chi connectivity index (χ1v) is 7.67. The first kappa shape index (κ1) is 14.6. The minimum absolute atomic E-state index is 0.0700. The number of rotatable bonds is 2. The fourth-order valence-electron chi connectivity index (χ4n) is 2.56. The number of carbonyl (C=O) groups is 1. The maximum absolute atomic E-state index is 11.7. The van der Waals surface area contributed by atoms with E-state index in [4.69, 9.17) is 11.6 Å². The van der Waals surface area contributed by atoms with Crippen LogP contribution in [0.1, 0.15) is 22.8 Å². The Kier molecular flexibility index (Phi) is 3.78. The number of amides is 1. The average Bonchev–Trinajstić information content (AvgIpc) is 2.75. The number of likely N-dealkylation sites (N-methyl/N-ethyl adjacent to an activating group) is 1. The molecule has 0 saturated heterocycles. The zero-order chi connectivity index (χ0) is 15.1. The molecule has 1 heterocycles. The zero-order valence-electron chi connectivity index (χ0n) is 11.3. The van der Waals surface area contributed by atoms with Gasteiger partial charge in [-0.25, -0.2) is 0 Å². The molecule has 2 aromatic rings. The molecule has 21 heavy (non-hydrogen) atoms. The van der Waals surface area contributed by atoms with E-state index in [1.807, 2.05) is 24.3 Å². The highest BCUT2D eigenvalue weighted by Crippen LogP contribution is 2.34. The van der Waals surface area contributed by atoms with Gasteiger partial charge in [0.25, 0.3) is 0 Å². The van der Waals surface area contributed by atoms with E-state index >= 15 is 0 Å². The van der Waals surface area contributed by atoms with Crippen molar-refractivity contribution in [3.63, 3.8) is 0 Å². The maximum atomic E-state index is 11.7. The molecule has 0 radical (unpaired) electrons. The number of nitrogens with zero attached hydrogens (tertiary/aromatic N) is 1. The minimum Gasteiger partial charge on any atom is -0.384 e. The lowest BCUT2D eigenvalue weighted by molar-refractivity contribution is -0.117. The molecule has 0 bridgehead atoms. The fourth-order valence-corrected chi connectivity index (χ4v) is 3.21. The van der Waals surface area contributed by atoms with Crippen molar-refractivity contribution in [2.75, 3.05) is 11.9 Å². The minimum atomic E-state index is -0.788. The van der Waals surface area contributed by atoms with Crippen molar-refractivity contribution < 1.29 is 9.90 Å². The van der Waals surface area contributed by atoms with E-state index in [1.54, 1.807) is 24.1 Å². The molecule has 0 spiro atoms. The lowest BCUT2D eigenvalue weighted by Gasteiger charge is -2.16. The third-order valence-electron chi connectivity index (χ3n) is 3.75. The summed E-state index contributed by atoms with van der Waals surface area (Å²) < 4.78 is 0.799. The first-order chi connectivity index (χ1) is 9.97. The van der Waals surface area contributed by atoms with Crippen molar-refractivity contribution in [3.05, 3.63) is 62.6 Å². The van der Waals surface area contributed by atoms with Crippen LogP contribution >= 0.6 is 27.5 Å². The average molecular weight is 367 g/mol. The van der Waals surface area contributed by atoms with E-state index in [0.717, 1.165) is 21.3 Å². The van der Waals surface area contributed by atoms with Crippen LogP contribution < -0.4 is 4.90 Å². The van der Waals surface area contributed by atoms with Gasteiger partial charge in [-0.3, -0.25) is 4.79 Å². The van der Waals surface area contributed by atoms with Gasteiger partial charge in [-0.05, 0) is 35.4 Å². The van der Waals surface area contributed by atoms with E-state index in [2.05, 4.69) is 15.9 Å². The largest absolute Gasteiger partial charge is 0.384 e. The molecule has 0 fully saturated rings. The van der Waals surface area contributed by atoms with E-state index in [9.17, 15) is 9.90 Å². The van der Waals surface area contributed by atoms with Crippen LogP contribution in [0.25, 0.3) is 0 Å². The topological polar surface area (TPSA) is 40.5 Å². The van der Waals surface area contributed by atoms with Gasteiger partial charge in [0, 0.05) is 27.8 Å². The summed E-state index contributed by atoms with van der Waals surface area (Å²) in [4.78, 5) is 13.4. The summed E-state index contributed by atoms with van der Waals surface area (Å²) >= 11 is 9.43. The van der Waals surface area contributed by atoms with Crippen LogP contribution in [0, 0.1) is 0 Å². The Morgan fingerprint density at radius 1 is 1.29 bits per heavy atom. The quantitative estimate of drug-likeness (QED) is 0.880. The second kappa shape index (κ2) is 5.44. The molecule has 0 aromatic heterocycles. The number of hydrogen-bond donors (Lipinski definition) is 1. The Morgan fingerprint density at radius 2 is 2.05 bits per heavy atom. The molecule has 1 aliphatic heterocycles. The molecule has 0 aliphatic carbocycles. The summed E-state index contributed by atoms with van der Waals surface area (Å²) in [5.74, 6) is 0.0700. The van der Waals surface area contributed by atoms with E-state index in [1.165, 1.54) is 0 Å². The van der Waals surface area contributed by atoms with Crippen LogP contribution in [0.15, 0.2) is 40.9 Å². The third kappa shape index (κ3) is 2.59. The fraction of sp³-hybridized carbons (Fsp3) is 0.188. The molecule has 1 N–H and O–H groups in total. The summed E-state index contributed by atoms with van der Waals surface area (Å²) in [5, 5.41) is 11.1. The van der Waals surface area contributed by atoms with Crippen molar-refractivity contribution in [1.29, 1.82) is 0 Å². The van der Waals surface area contributed by atoms with Crippen LogP contribution in [-0.4, -0.2) is 18.1 Å². The summed E-state index contributed by atoms with van der Waals surface area (Å²) in [6.45, 7) is 0. The molecule has 1 amide bonds. The van der Waals surface area contributed by atoms with Gasteiger partial charge in [0.2, 0.25) is 5.91 Å². The molecule has 0 saturated carbocycles. The normalized spacial score (nSPS) is 15.2. The lowest BCUT2D eigenvalue weighted by atomic mass is 9.99. The van der Waals surface area contributed by atoms with Crippen LogP contribution in [0.4, 0.5) is 5.69 Å². The van der Waals surface area contributed by atoms with E-state index < -0.39 is 6.10 Å². The number of aliphatic hydroxyl groups excluding tert-OH is 1. The summed E-state index contributed by atoms with van der Waals surface area (Å²) in [6.07, 6.45) is -0.410. The molecular weight excluding hydrogens is 354 g/mol. The molecule has 1 unspecified atom stereocenters. The van der Waals surface area contributed by atoms with Crippen LogP contribution in [0.2, 0.25) is 5.02 Å². The number of hydrogen-bond acceptors (Lipinski definition) is 2. The SMILES string of the molecule is CN1C(=O)Cc2cc(C(O)c3cc(Cl)ccc3Br)ccc21. The predicted molar refractivity (Wildman–Crippen MR) is 86.8 cm³/mol. The summed E-state index contributed by atoms with van der Waals surface area (Å²) in [5.41, 5.74) is 3.30. The third-order valence-corrected chi connectivity index (χ3v) is 4.71. The van der Waals surface area contributed by atoms with Gasteiger partial charge in [-0.15, -0.1) is 0 Å². The number of anilines is 1. The lowest BCUT2D eigenvalue weighted by Crippen LogP contribution is -2.20. The monoisotopic (exact) mass is 365 g/mol. The highest BCUT2D eigenvalue weighted by molar-refractivity contribution is 9.10. The number of carbonyl (C=O) groups excluding carboxylic acids is 1. The molecule has 108 valence electrons. The van der Waals surface area contributed by atoms with Gasteiger partial charge < -0.3 is 10.0 Å². The number of fused-ring (bicyclic) bond motifs is 1. The van der Waals surface area contributed by atoms with E-state index in [0.29, 0.717) is 17.0 Å². The van der Waals surface area contributed by atoms with Crippen LogP contribution in [-0.2, 0) is 11.2 Å². The highest BCUT2D eigenvalue weighted by Gasteiger charge is 2.25. The van der Waals surface area contributed by atoms with Gasteiger partial charge in [0.05, 0.1) is 6.42 Å². The van der Waals surface area contributed by atoms with Crippen molar-refractivity contribution in [1.82, 2.24) is 0 Å².